The smallest absolute Gasteiger partial charge is 0.204 e. The summed E-state index contributed by atoms with van der Waals surface area (Å²) in [6.07, 6.45) is -5.32. The van der Waals surface area contributed by atoms with Crippen LogP contribution in [0.3, 0.4) is 0 Å². The normalized spacial score (nSPS) is 24.2. The minimum absolute atomic E-state index is 0.0103. The highest BCUT2D eigenvalue weighted by Crippen LogP contribution is 2.68. The van der Waals surface area contributed by atoms with E-state index in [1.165, 1.54) is 0 Å². The molecule has 1 aromatic carbocycles. The monoisotopic (exact) mass is 362 g/mol. The molecule has 1 fully saturated rings. The molecule has 2 atom stereocenters. The summed E-state index contributed by atoms with van der Waals surface area (Å²) >= 11 is 0. The van der Waals surface area contributed by atoms with Crippen LogP contribution < -0.4 is 0 Å². The number of rotatable bonds is 3. The minimum atomic E-state index is -5.33. The molecule has 0 nitrogen and oxygen atoms in total. The molecule has 0 bridgehead atoms. The Hall–Kier alpha value is -1.67. The molecule has 1 aliphatic rings. The van der Waals surface area contributed by atoms with Crippen molar-refractivity contribution < 1.29 is 39.5 Å². The second-order valence-corrected chi connectivity index (χ2v) is 6.18. The molecule has 0 radical (unpaired) electrons. The van der Waals surface area contributed by atoms with Crippen LogP contribution in [-0.2, 0) is 5.92 Å². The number of benzene rings is 1. The van der Waals surface area contributed by atoms with Crippen molar-refractivity contribution in [3.63, 3.8) is 0 Å². The third kappa shape index (κ3) is 2.88. The molecule has 0 spiro atoms. The van der Waals surface area contributed by atoms with Crippen molar-refractivity contribution in [1.82, 2.24) is 0 Å². The van der Waals surface area contributed by atoms with Gasteiger partial charge < -0.3 is 0 Å². The Morgan fingerprint density at radius 3 is 2.04 bits per heavy atom. The average molecular weight is 362 g/mol. The predicted molar refractivity (Wildman–Crippen MR) is 66.2 cm³/mol. The van der Waals surface area contributed by atoms with Gasteiger partial charge in [0.25, 0.3) is 5.92 Å². The van der Waals surface area contributed by atoms with Gasteiger partial charge in [-0.3, -0.25) is 0 Å². The molecule has 1 aromatic rings. The van der Waals surface area contributed by atoms with E-state index in [0.717, 1.165) is 13.8 Å². The fourth-order valence-electron chi connectivity index (χ4n) is 2.88. The summed E-state index contributed by atoms with van der Waals surface area (Å²) in [6.45, 7) is 2.29. The molecule has 0 heterocycles. The van der Waals surface area contributed by atoms with Gasteiger partial charge in [0, 0.05) is 5.92 Å². The van der Waals surface area contributed by atoms with Crippen molar-refractivity contribution in [1.29, 1.82) is 0 Å². The van der Waals surface area contributed by atoms with Gasteiger partial charge in [0.1, 0.15) is 0 Å². The van der Waals surface area contributed by atoms with Gasteiger partial charge in [0.15, 0.2) is 23.3 Å². The Morgan fingerprint density at radius 2 is 1.54 bits per heavy atom. The zero-order valence-electron chi connectivity index (χ0n) is 12.3. The molecule has 0 saturated heterocycles. The quantitative estimate of drug-likeness (QED) is 0.465. The lowest BCUT2D eigenvalue weighted by molar-refractivity contribution is -0.109. The third-order valence-corrected chi connectivity index (χ3v) is 4.29. The van der Waals surface area contributed by atoms with Crippen LogP contribution in [-0.4, -0.2) is 6.18 Å². The molecular weight excluding hydrogens is 351 g/mol. The summed E-state index contributed by atoms with van der Waals surface area (Å²) in [4.78, 5) is 0. The number of alkyl halides is 5. The van der Waals surface area contributed by atoms with E-state index in [0.29, 0.717) is 6.07 Å². The first-order valence-corrected chi connectivity index (χ1v) is 6.68. The molecule has 2 unspecified atom stereocenters. The van der Waals surface area contributed by atoms with Crippen LogP contribution in [0.4, 0.5) is 39.5 Å². The van der Waals surface area contributed by atoms with Gasteiger partial charge in [-0.25, -0.2) is 26.3 Å². The fourth-order valence-corrected chi connectivity index (χ4v) is 2.88. The van der Waals surface area contributed by atoms with Gasteiger partial charge in [-0.2, -0.15) is 13.2 Å². The molecule has 134 valence electrons. The van der Waals surface area contributed by atoms with Gasteiger partial charge in [0.05, 0.1) is 5.56 Å². The molecule has 1 aliphatic carbocycles. The van der Waals surface area contributed by atoms with Crippen molar-refractivity contribution in [2.45, 2.75) is 25.9 Å². The Balaban J connectivity index is 2.42. The van der Waals surface area contributed by atoms with E-state index >= 15 is 0 Å². The number of allylic oxidation sites excluding steroid dienone is 2. The van der Waals surface area contributed by atoms with Crippen LogP contribution >= 0.6 is 0 Å². The summed E-state index contributed by atoms with van der Waals surface area (Å²) in [5.74, 6) is -16.0. The third-order valence-electron chi connectivity index (χ3n) is 4.29. The van der Waals surface area contributed by atoms with Gasteiger partial charge >= 0.3 is 6.18 Å². The highest BCUT2D eigenvalue weighted by molar-refractivity contribution is 5.31. The van der Waals surface area contributed by atoms with Gasteiger partial charge in [0.2, 0.25) is 0 Å². The second-order valence-electron chi connectivity index (χ2n) is 6.18. The van der Waals surface area contributed by atoms with E-state index in [1.807, 2.05) is 0 Å². The molecule has 0 aliphatic heterocycles. The minimum Gasteiger partial charge on any atom is -0.204 e. The molecule has 24 heavy (non-hydrogen) atoms. The molecule has 2 rings (SSSR count). The maximum absolute atomic E-state index is 14.4. The topological polar surface area (TPSA) is 0 Å². The Bertz CT molecular complexity index is 685. The Labute approximate surface area is 131 Å². The van der Waals surface area contributed by atoms with Crippen LogP contribution in [0.1, 0.15) is 19.4 Å². The second kappa shape index (κ2) is 5.42. The van der Waals surface area contributed by atoms with Gasteiger partial charge in [-0.15, -0.1) is 0 Å². The SMILES string of the molecule is CC1(C)C(C=C(F)C(F)(F)F)C1C(F)(F)c1ccc(F)c(F)c1F. The van der Waals surface area contributed by atoms with Gasteiger partial charge in [-0.05, 0) is 29.5 Å². The van der Waals surface area contributed by atoms with Crippen molar-refractivity contribution in [3.05, 3.63) is 47.1 Å². The number of hydrogen-bond donors (Lipinski definition) is 0. The highest BCUT2D eigenvalue weighted by Gasteiger charge is 2.69. The maximum atomic E-state index is 14.4. The zero-order valence-corrected chi connectivity index (χ0v) is 12.3. The van der Waals surface area contributed by atoms with E-state index in [4.69, 9.17) is 0 Å². The fraction of sp³-hybridized carbons (Fsp3) is 0.467. The van der Waals surface area contributed by atoms with E-state index in [-0.39, 0.29) is 12.1 Å². The Kier molecular flexibility index (Phi) is 4.22. The number of hydrogen-bond acceptors (Lipinski definition) is 0. The lowest BCUT2D eigenvalue weighted by Gasteiger charge is -2.19. The first-order valence-electron chi connectivity index (χ1n) is 6.68. The van der Waals surface area contributed by atoms with Crippen LogP contribution in [0, 0.1) is 34.7 Å². The first kappa shape index (κ1) is 18.7. The number of halogens is 9. The van der Waals surface area contributed by atoms with E-state index in [2.05, 4.69) is 0 Å². The van der Waals surface area contributed by atoms with Crippen molar-refractivity contribution in [2.24, 2.45) is 17.3 Å². The lowest BCUT2D eigenvalue weighted by Crippen LogP contribution is -2.22. The summed E-state index contributed by atoms with van der Waals surface area (Å²) < 4.78 is 118. The lowest BCUT2D eigenvalue weighted by atomic mass is 9.98. The van der Waals surface area contributed by atoms with Crippen LogP contribution in [0.25, 0.3) is 0 Å². The predicted octanol–water partition coefficient (Wildman–Crippen LogP) is 5.88. The molecule has 9 heteroatoms. The highest BCUT2D eigenvalue weighted by atomic mass is 19.4. The molecular formula is C15H11F9. The van der Waals surface area contributed by atoms with Gasteiger partial charge in [-0.1, -0.05) is 13.8 Å². The summed E-state index contributed by atoms with van der Waals surface area (Å²) in [5, 5.41) is 0. The van der Waals surface area contributed by atoms with Crippen molar-refractivity contribution in [2.75, 3.05) is 0 Å². The van der Waals surface area contributed by atoms with Crippen molar-refractivity contribution >= 4 is 0 Å². The molecule has 1 saturated carbocycles. The summed E-state index contributed by atoms with van der Waals surface area (Å²) in [5.41, 5.74) is -2.98. The first-order chi connectivity index (χ1) is 10.7. The largest absolute Gasteiger partial charge is 0.442 e. The van der Waals surface area contributed by atoms with E-state index in [9.17, 15) is 39.5 Å². The molecule has 0 amide bonds. The van der Waals surface area contributed by atoms with E-state index in [1.54, 1.807) is 0 Å². The maximum Gasteiger partial charge on any atom is 0.442 e. The zero-order chi connectivity index (χ0) is 18.7. The standard InChI is InChI=1S/C15H11F9/c1-13(2)7(5-9(17)15(22,23)24)12(13)14(20,21)6-3-4-8(16)11(19)10(6)18/h3-5,7,12H,1-2H3. The molecule has 0 N–H and O–H groups in total. The average Bonchev–Trinajstić information content (AvgIpc) is 2.96. The molecule has 0 aromatic heterocycles. The van der Waals surface area contributed by atoms with Crippen LogP contribution in [0.5, 0.6) is 0 Å². The summed E-state index contributed by atoms with van der Waals surface area (Å²) in [6, 6.07) is 0.612. The van der Waals surface area contributed by atoms with E-state index < -0.39 is 58.2 Å². The Morgan fingerprint density at radius 1 is 1.00 bits per heavy atom. The van der Waals surface area contributed by atoms with Crippen molar-refractivity contribution in [3.8, 4) is 0 Å². The van der Waals surface area contributed by atoms with Crippen LogP contribution in [0.15, 0.2) is 24.0 Å². The van der Waals surface area contributed by atoms with Crippen LogP contribution in [0.2, 0.25) is 0 Å². The summed E-state index contributed by atoms with van der Waals surface area (Å²) in [7, 11) is 0.